The van der Waals surface area contributed by atoms with Gasteiger partial charge in [0.05, 0.1) is 26.8 Å². The third-order valence-electron chi connectivity index (χ3n) is 2.44. The van der Waals surface area contributed by atoms with E-state index in [1.807, 2.05) is 0 Å². The van der Waals surface area contributed by atoms with Gasteiger partial charge >= 0.3 is 0 Å². The summed E-state index contributed by atoms with van der Waals surface area (Å²) < 4.78 is 6.12. The van der Waals surface area contributed by atoms with Crippen LogP contribution < -0.4 is 10.5 Å². The van der Waals surface area contributed by atoms with Gasteiger partial charge in [0, 0.05) is 12.1 Å². The molecule has 0 aliphatic heterocycles. The summed E-state index contributed by atoms with van der Waals surface area (Å²) >= 11 is 3.27. The van der Waals surface area contributed by atoms with E-state index in [0.717, 1.165) is 0 Å². The lowest BCUT2D eigenvalue weighted by atomic mass is 10.3. The van der Waals surface area contributed by atoms with Crippen molar-refractivity contribution in [3.05, 3.63) is 50.6 Å². The van der Waals surface area contributed by atoms with E-state index in [2.05, 4.69) is 20.9 Å². The Morgan fingerprint density at radius 3 is 2.74 bits per heavy atom. The second-order valence-corrected chi connectivity index (χ2v) is 4.65. The van der Waals surface area contributed by atoms with Gasteiger partial charge in [-0.25, -0.2) is 4.98 Å². The second-order valence-electron chi connectivity index (χ2n) is 3.80. The molecule has 1 aromatic heterocycles. The van der Waals surface area contributed by atoms with Gasteiger partial charge in [-0.1, -0.05) is 0 Å². The number of hydrogen-bond acceptors (Lipinski definition) is 5. The highest BCUT2D eigenvalue weighted by atomic mass is 79.9. The van der Waals surface area contributed by atoms with Crippen molar-refractivity contribution in [2.45, 2.75) is 6.92 Å². The van der Waals surface area contributed by atoms with Crippen LogP contribution in [0, 0.1) is 17.0 Å². The van der Waals surface area contributed by atoms with Crippen molar-refractivity contribution >= 4 is 27.3 Å². The van der Waals surface area contributed by atoms with E-state index >= 15 is 0 Å². The van der Waals surface area contributed by atoms with Crippen molar-refractivity contribution in [3.8, 4) is 11.6 Å². The molecule has 0 saturated heterocycles. The van der Waals surface area contributed by atoms with Crippen LogP contribution in [0.1, 0.15) is 5.69 Å². The molecule has 0 radical (unpaired) electrons. The number of aryl methyl sites for hydroxylation is 1. The number of nitro benzene ring substituents is 1. The quantitative estimate of drug-likeness (QED) is 0.690. The molecule has 0 aliphatic carbocycles. The van der Waals surface area contributed by atoms with Crippen LogP contribution in [-0.2, 0) is 0 Å². The lowest BCUT2D eigenvalue weighted by molar-refractivity contribution is -0.384. The van der Waals surface area contributed by atoms with Gasteiger partial charge in [-0.2, -0.15) is 0 Å². The molecule has 2 aromatic rings. The smallest absolute Gasteiger partial charge is 0.273 e. The zero-order chi connectivity index (χ0) is 14.0. The van der Waals surface area contributed by atoms with Crippen LogP contribution in [0.4, 0.5) is 11.4 Å². The molecular formula is C12H10BrN3O3. The van der Waals surface area contributed by atoms with Crippen molar-refractivity contribution in [1.82, 2.24) is 4.98 Å². The Morgan fingerprint density at radius 1 is 1.37 bits per heavy atom. The lowest BCUT2D eigenvalue weighted by Gasteiger charge is -2.08. The number of benzene rings is 1. The molecule has 19 heavy (non-hydrogen) atoms. The Bertz CT molecular complexity index is 646. The van der Waals surface area contributed by atoms with Crippen LogP contribution in [0.25, 0.3) is 0 Å². The summed E-state index contributed by atoms with van der Waals surface area (Å²) in [6.45, 7) is 1.75. The van der Waals surface area contributed by atoms with Crippen LogP contribution in [0.5, 0.6) is 11.6 Å². The number of pyridine rings is 1. The molecule has 6 nitrogen and oxygen atoms in total. The van der Waals surface area contributed by atoms with Crippen molar-refractivity contribution in [2.24, 2.45) is 0 Å². The minimum absolute atomic E-state index is 0.0506. The first-order valence-corrected chi connectivity index (χ1v) is 6.11. The van der Waals surface area contributed by atoms with E-state index in [4.69, 9.17) is 10.5 Å². The summed E-state index contributed by atoms with van der Waals surface area (Å²) in [5, 5.41) is 10.7. The number of ether oxygens (including phenoxy) is 1. The second kappa shape index (κ2) is 5.23. The monoisotopic (exact) mass is 323 g/mol. The van der Waals surface area contributed by atoms with Gasteiger partial charge in [-0.15, -0.1) is 0 Å². The predicted octanol–water partition coefficient (Wildman–Crippen LogP) is 3.44. The topological polar surface area (TPSA) is 91.3 Å². The van der Waals surface area contributed by atoms with E-state index in [1.165, 1.54) is 12.1 Å². The average Bonchev–Trinajstić information content (AvgIpc) is 2.36. The fourth-order valence-electron chi connectivity index (χ4n) is 1.40. The molecule has 0 bridgehead atoms. The highest BCUT2D eigenvalue weighted by molar-refractivity contribution is 9.10. The number of non-ortho nitro benzene ring substituents is 1. The number of anilines is 1. The van der Waals surface area contributed by atoms with Crippen LogP contribution in [0.3, 0.4) is 0 Å². The SMILES string of the molecule is Cc1nc(Oc2cc([N+](=O)[O-])ccc2Br)ccc1N. The zero-order valence-electron chi connectivity index (χ0n) is 9.96. The molecule has 98 valence electrons. The Hall–Kier alpha value is -2.15. The lowest BCUT2D eigenvalue weighted by Crippen LogP contribution is -1.96. The number of nitrogen functional groups attached to an aromatic ring is 1. The molecular weight excluding hydrogens is 314 g/mol. The van der Waals surface area contributed by atoms with Gasteiger partial charge in [0.25, 0.3) is 5.69 Å². The maximum absolute atomic E-state index is 10.7. The minimum Gasteiger partial charge on any atom is -0.438 e. The first kappa shape index (κ1) is 13.3. The van der Waals surface area contributed by atoms with Gasteiger partial charge in [-0.05, 0) is 35.0 Å². The molecule has 0 unspecified atom stereocenters. The van der Waals surface area contributed by atoms with Crippen LogP contribution >= 0.6 is 15.9 Å². The highest BCUT2D eigenvalue weighted by Crippen LogP contribution is 2.32. The van der Waals surface area contributed by atoms with E-state index in [9.17, 15) is 10.1 Å². The zero-order valence-corrected chi connectivity index (χ0v) is 11.5. The number of nitrogens with two attached hydrogens (primary N) is 1. The fraction of sp³-hybridized carbons (Fsp3) is 0.0833. The van der Waals surface area contributed by atoms with Gasteiger partial charge in [0.1, 0.15) is 0 Å². The molecule has 0 spiro atoms. The summed E-state index contributed by atoms with van der Waals surface area (Å²) in [6.07, 6.45) is 0. The first-order valence-electron chi connectivity index (χ1n) is 5.32. The maximum atomic E-state index is 10.7. The number of nitro groups is 1. The van der Waals surface area contributed by atoms with Gasteiger partial charge in [0.15, 0.2) is 5.75 Å². The molecule has 0 saturated carbocycles. The molecule has 1 aromatic carbocycles. The van der Waals surface area contributed by atoms with Gasteiger partial charge in [0.2, 0.25) is 5.88 Å². The minimum atomic E-state index is -0.485. The Morgan fingerprint density at radius 2 is 2.11 bits per heavy atom. The summed E-state index contributed by atoms with van der Waals surface area (Å²) in [5.74, 6) is 0.652. The summed E-state index contributed by atoms with van der Waals surface area (Å²) in [4.78, 5) is 14.4. The summed E-state index contributed by atoms with van der Waals surface area (Å²) in [6, 6.07) is 7.55. The number of nitrogens with zero attached hydrogens (tertiary/aromatic N) is 2. The Balaban J connectivity index is 2.34. The van der Waals surface area contributed by atoms with Crippen LogP contribution in [0.2, 0.25) is 0 Å². The van der Waals surface area contributed by atoms with Gasteiger partial charge < -0.3 is 10.5 Å². The average molecular weight is 324 g/mol. The summed E-state index contributed by atoms with van der Waals surface area (Å²) in [5.41, 5.74) is 6.81. The summed E-state index contributed by atoms with van der Waals surface area (Å²) in [7, 11) is 0. The fourth-order valence-corrected chi connectivity index (χ4v) is 1.73. The van der Waals surface area contributed by atoms with E-state index in [-0.39, 0.29) is 5.69 Å². The number of rotatable bonds is 3. The largest absolute Gasteiger partial charge is 0.438 e. The van der Waals surface area contributed by atoms with Gasteiger partial charge in [-0.3, -0.25) is 10.1 Å². The predicted molar refractivity (Wildman–Crippen MR) is 74.3 cm³/mol. The highest BCUT2D eigenvalue weighted by Gasteiger charge is 2.12. The molecule has 1 heterocycles. The maximum Gasteiger partial charge on any atom is 0.273 e. The number of halogens is 1. The van der Waals surface area contributed by atoms with E-state index in [0.29, 0.717) is 27.5 Å². The molecule has 0 fully saturated rings. The first-order chi connectivity index (χ1) is 8.97. The molecule has 0 atom stereocenters. The van der Waals surface area contributed by atoms with E-state index in [1.54, 1.807) is 25.1 Å². The normalized spacial score (nSPS) is 10.2. The number of aromatic nitrogens is 1. The van der Waals surface area contributed by atoms with E-state index < -0.39 is 4.92 Å². The van der Waals surface area contributed by atoms with Crippen LogP contribution in [-0.4, -0.2) is 9.91 Å². The van der Waals surface area contributed by atoms with Crippen molar-refractivity contribution in [1.29, 1.82) is 0 Å². The van der Waals surface area contributed by atoms with Crippen LogP contribution in [0.15, 0.2) is 34.8 Å². The third-order valence-corrected chi connectivity index (χ3v) is 3.10. The molecule has 2 rings (SSSR count). The number of hydrogen-bond donors (Lipinski definition) is 1. The molecule has 0 amide bonds. The molecule has 7 heteroatoms. The Labute approximate surface area is 117 Å². The molecule has 2 N–H and O–H groups in total. The Kier molecular flexibility index (Phi) is 3.66. The standard InChI is InChI=1S/C12H10BrN3O3/c1-7-10(14)4-5-12(15-7)19-11-6-8(16(17)18)2-3-9(11)13/h2-6H,14H2,1H3. The third kappa shape index (κ3) is 3.00. The van der Waals surface area contributed by atoms with Crippen molar-refractivity contribution in [2.75, 3.05) is 5.73 Å². The van der Waals surface area contributed by atoms with Crippen molar-refractivity contribution < 1.29 is 9.66 Å². The van der Waals surface area contributed by atoms with Crippen molar-refractivity contribution in [3.63, 3.8) is 0 Å². The molecule has 0 aliphatic rings.